The smallest absolute Gasteiger partial charge is 0.319 e. The summed E-state index contributed by atoms with van der Waals surface area (Å²) in [7, 11) is 3.89. The van der Waals surface area contributed by atoms with Crippen LogP contribution in [0.4, 0.5) is 16.3 Å². The van der Waals surface area contributed by atoms with Gasteiger partial charge in [0, 0.05) is 30.4 Å². The van der Waals surface area contributed by atoms with Crippen molar-refractivity contribution in [1.29, 1.82) is 0 Å². The Kier molecular flexibility index (Phi) is 8.04. The van der Waals surface area contributed by atoms with E-state index in [-0.39, 0.29) is 11.3 Å². The number of nitrogens with zero attached hydrogens (tertiary/aromatic N) is 3. The summed E-state index contributed by atoms with van der Waals surface area (Å²) >= 11 is -1.02. The van der Waals surface area contributed by atoms with Crippen LogP contribution < -0.4 is 16.4 Å². The minimum atomic E-state index is -1.02. The standard InChI is InChI=1S/C19H28N6O2S/c1-13(2)28(27)12-16-11-17(20)24-18(22-16)14-5-7-15(8-6-14)23-19(26)21-9-10-25(3)4/h5-8,11,13H,9-10,12H2,1-4H3,(H2,20,22,24)(H2,21,23,26). The molecule has 1 atom stereocenters. The molecule has 0 spiro atoms. The maximum absolute atomic E-state index is 12.1. The van der Waals surface area contributed by atoms with Crippen molar-refractivity contribution in [3.63, 3.8) is 0 Å². The van der Waals surface area contributed by atoms with Crippen molar-refractivity contribution in [2.45, 2.75) is 24.9 Å². The van der Waals surface area contributed by atoms with Crippen molar-refractivity contribution in [2.24, 2.45) is 0 Å². The molecule has 0 bridgehead atoms. The van der Waals surface area contributed by atoms with Crippen LogP contribution >= 0.6 is 0 Å². The molecule has 0 aliphatic carbocycles. The summed E-state index contributed by atoms with van der Waals surface area (Å²) in [5.41, 5.74) is 7.97. The third-order valence-corrected chi connectivity index (χ3v) is 5.49. The number of anilines is 2. The summed E-state index contributed by atoms with van der Waals surface area (Å²) in [5.74, 6) is 1.14. The Morgan fingerprint density at radius 1 is 1.25 bits per heavy atom. The second kappa shape index (κ2) is 10.3. The average Bonchev–Trinajstić information content (AvgIpc) is 2.61. The van der Waals surface area contributed by atoms with Gasteiger partial charge in [0.2, 0.25) is 0 Å². The molecule has 0 aliphatic heterocycles. The van der Waals surface area contributed by atoms with E-state index in [2.05, 4.69) is 20.6 Å². The number of amides is 2. The zero-order valence-corrected chi connectivity index (χ0v) is 17.5. The maximum Gasteiger partial charge on any atom is 0.319 e. The van der Waals surface area contributed by atoms with Gasteiger partial charge in [-0.2, -0.15) is 0 Å². The van der Waals surface area contributed by atoms with E-state index >= 15 is 0 Å². The van der Waals surface area contributed by atoms with Crippen LogP contribution in [-0.2, 0) is 16.9 Å². The summed E-state index contributed by atoms with van der Waals surface area (Å²) in [4.78, 5) is 22.6. The van der Waals surface area contributed by atoms with Crippen LogP contribution in [0.1, 0.15) is 19.5 Å². The lowest BCUT2D eigenvalue weighted by atomic mass is 10.2. The van der Waals surface area contributed by atoms with Gasteiger partial charge < -0.3 is 25.8 Å². The van der Waals surface area contributed by atoms with Gasteiger partial charge >= 0.3 is 6.03 Å². The Hall–Kier alpha value is -2.36. The number of likely N-dealkylation sites (N-methyl/N-ethyl adjacent to an activating group) is 1. The Morgan fingerprint density at radius 2 is 1.93 bits per heavy atom. The fourth-order valence-electron chi connectivity index (χ4n) is 2.30. The van der Waals surface area contributed by atoms with Crippen LogP contribution in [0.2, 0.25) is 0 Å². The summed E-state index contributed by atoms with van der Waals surface area (Å²) in [5, 5.41) is 5.62. The van der Waals surface area contributed by atoms with Gasteiger partial charge in [-0.1, -0.05) is 0 Å². The number of hydrogen-bond donors (Lipinski definition) is 3. The second-order valence-electron chi connectivity index (χ2n) is 6.94. The number of benzene rings is 1. The first-order chi connectivity index (χ1) is 13.2. The van der Waals surface area contributed by atoms with Gasteiger partial charge in [0.15, 0.2) is 5.82 Å². The number of urea groups is 1. The first-order valence-electron chi connectivity index (χ1n) is 9.05. The molecule has 1 unspecified atom stereocenters. The summed E-state index contributed by atoms with van der Waals surface area (Å²) in [6.07, 6.45) is 0. The zero-order chi connectivity index (χ0) is 20.7. The fourth-order valence-corrected chi connectivity index (χ4v) is 3.08. The Bertz CT molecular complexity index is 782. The lowest BCUT2D eigenvalue weighted by molar-refractivity contribution is 0.250. The fraction of sp³-hybridized carbons (Fsp3) is 0.421. The van der Waals surface area contributed by atoms with E-state index in [1.807, 2.05) is 45.0 Å². The van der Waals surface area contributed by atoms with Crippen LogP contribution in [0.5, 0.6) is 0 Å². The molecule has 28 heavy (non-hydrogen) atoms. The normalized spacial score (nSPS) is 12.2. The van der Waals surface area contributed by atoms with Crippen LogP contribution in [0.15, 0.2) is 30.3 Å². The van der Waals surface area contributed by atoms with E-state index < -0.39 is 11.2 Å². The lowest BCUT2D eigenvalue weighted by Crippen LogP contribution is -2.34. The van der Waals surface area contributed by atoms with Gasteiger partial charge in [-0.25, -0.2) is 14.8 Å². The van der Waals surface area contributed by atoms with Crippen molar-refractivity contribution in [2.75, 3.05) is 38.2 Å². The number of rotatable bonds is 8. The minimum Gasteiger partial charge on any atom is -0.616 e. The van der Waals surface area contributed by atoms with Crippen LogP contribution in [-0.4, -0.2) is 57.9 Å². The SMILES string of the molecule is CC(C)[S+]([O-])Cc1cc(N)nc(-c2ccc(NC(=O)NCCN(C)C)cc2)n1. The summed E-state index contributed by atoms with van der Waals surface area (Å²) < 4.78 is 12.1. The predicted molar refractivity (Wildman–Crippen MR) is 114 cm³/mol. The quantitative estimate of drug-likeness (QED) is 0.580. The Labute approximate surface area is 169 Å². The van der Waals surface area contributed by atoms with Crippen LogP contribution in [0.3, 0.4) is 0 Å². The first-order valence-corrected chi connectivity index (χ1v) is 10.4. The Balaban J connectivity index is 2.04. The molecular weight excluding hydrogens is 376 g/mol. The van der Waals surface area contributed by atoms with Gasteiger partial charge in [0.1, 0.15) is 16.8 Å². The van der Waals surface area contributed by atoms with E-state index in [0.29, 0.717) is 35.3 Å². The maximum atomic E-state index is 12.1. The molecule has 2 amide bonds. The number of carbonyl (C=O) groups is 1. The molecule has 2 aromatic rings. The molecule has 9 heteroatoms. The van der Waals surface area contributed by atoms with Crippen LogP contribution in [0, 0.1) is 0 Å². The molecule has 0 saturated carbocycles. The predicted octanol–water partition coefficient (Wildman–Crippen LogP) is 2.07. The number of carbonyl (C=O) groups excluding carboxylic acids is 1. The molecule has 152 valence electrons. The van der Waals surface area contributed by atoms with Crippen LogP contribution in [0.25, 0.3) is 11.4 Å². The average molecular weight is 405 g/mol. The molecule has 0 saturated heterocycles. The highest BCUT2D eigenvalue weighted by Crippen LogP contribution is 2.21. The molecule has 4 N–H and O–H groups in total. The number of hydrogen-bond acceptors (Lipinski definition) is 6. The van der Waals surface area contributed by atoms with Gasteiger partial charge in [-0.05, 0) is 63.4 Å². The van der Waals surface area contributed by atoms with E-state index in [1.54, 1.807) is 18.2 Å². The third kappa shape index (κ3) is 6.99. The third-order valence-electron chi connectivity index (χ3n) is 3.86. The lowest BCUT2D eigenvalue weighted by Gasteiger charge is -2.14. The minimum absolute atomic E-state index is 0.0499. The molecule has 1 aromatic carbocycles. The molecule has 1 aromatic heterocycles. The van der Waals surface area contributed by atoms with Crippen molar-refractivity contribution in [1.82, 2.24) is 20.2 Å². The number of nitrogens with two attached hydrogens (primary N) is 1. The molecule has 2 rings (SSSR count). The van der Waals surface area contributed by atoms with Crippen molar-refractivity contribution in [3.8, 4) is 11.4 Å². The Morgan fingerprint density at radius 3 is 2.54 bits per heavy atom. The number of aromatic nitrogens is 2. The van der Waals surface area contributed by atoms with E-state index in [1.165, 1.54) is 0 Å². The van der Waals surface area contributed by atoms with Crippen molar-refractivity contribution < 1.29 is 9.35 Å². The highest BCUT2D eigenvalue weighted by molar-refractivity contribution is 7.91. The summed E-state index contributed by atoms with van der Waals surface area (Å²) in [6.45, 7) is 5.14. The topological polar surface area (TPSA) is 119 Å². The van der Waals surface area contributed by atoms with E-state index in [0.717, 1.165) is 12.1 Å². The van der Waals surface area contributed by atoms with Gasteiger partial charge in [-0.3, -0.25) is 0 Å². The number of nitrogens with one attached hydrogen (secondary N) is 2. The first kappa shape index (κ1) is 21.9. The van der Waals surface area contributed by atoms with Gasteiger partial charge in [0.05, 0.1) is 5.69 Å². The monoisotopic (exact) mass is 404 g/mol. The summed E-state index contributed by atoms with van der Waals surface area (Å²) in [6, 6.07) is 8.57. The molecule has 0 radical (unpaired) electrons. The molecule has 8 nitrogen and oxygen atoms in total. The number of nitrogen functional groups attached to an aromatic ring is 1. The van der Waals surface area contributed by atoms with E-state index in [9.17, 15) is 9.35 Å². The second-order valence-corrected chi connectivity index (χ2v) is 8.94. The van der Waals surface area contributed by atoms with Gasteiger partial charge in [-0.15, -0.1) is 0 Å². The molecule has 1 heterocycles. The van der Waals surface area contributed by atoms with E-state index in [4.69, 9.17) is 5.73 Å². The van der Waals surface area contributed by atoms with Crippen molar-refractivity contribution >= 4 is 28.7 Å². The molecular formula is C19H28N6O2S. The molecule has 0 fully saturated rings. The highest BCUT2D eigenvalue weighted by Gasteiger charge is 2.15. The highest BCUT2D eigenvalue weighted by atomic mass is 32.2. The largest absolute Gasteiger partial charge is 0.616 e. The zero-order valence-electron chi connectivity index (χ0n) is 16.7. The van der Waals surface area contributed by atoms with Gasteiger partial charge in [0.25, 0.3) is 0 Å². The van der Waals surface area contributed by atoms with Crippen molar-refractivity contribution in [3.05, 3.63) is 36.0 Å². The molecule has 0 aliphatic rings.